The number of halogens is 1. The molecule has 0 bridgehead atoms. The number of amides is 2. The number of rotatable bonds is 8. The van der Waals surface area contributed by atoms with Crippen LogP contribution in [0.25, 0.3) is 16.6 Å². The molecule has 0 saturated heterocycles. The summed E-state index contributed by atoms with van der Waals surface area (Å²) < 4.78 is 15.1. The van der Waals surface area contributed by atoms with Gasteiger partial charge in [-0.1, -0.05) is 33.8 Å². The minimum atomic E-state index is -0.262. The Morgan fingerprint density at radius 2 is 1.78 bits per heavy atom. The first-order valence-electron chi connectivity index (χ1n) is 11.3. The Labute approximate surface area is 190 Å². The number of nitrogens with one attached hydrogen (secondary N) is 2. The Balaban J connectivity index is 1.89. The van der Waals surface area contributed by atoms with E-state index >= 15 is 0 Å². The number of fused-ring (bicyclic) bond motifs is 1. The molecule has 0 aliphatic rings. The zero-order valence-corrected chi connectivity index (χ0v) is 19.9. The average Bonchev–Trinajstić information content (AvgIpc) is 3.14. The van der Waals surface area contributed by atoms with Crippen LogP contribution in [0, 0.1) is 17.2 Å². The van der Waals surface area contributed by atoms with Gasteiger partial charge in [-0.3, -0.25) is 0 Å². The first kappa shape index (κ1) is 23.8. The quantitative estimate of drug-likeness (QED) is 0.451. The van der Waals surface area contributed by atoms with E-state index in [0.29, 0.717) is 12.5 Å². The predicted octanol–water partition coefficient (Wildman–Crippen LogP) is 6.03. The van der Waals surface area contributed by atoms with Crippen LogP contribution in [-0.4, -0.2) is 28.4 Å². The highest BCUT2D eigenvalue weighted by molar-refractivity contribution is 5.81. The second-order valence-corrected chi connectivity index (χ2v) is 10.0. The third-order valence-corrected chi connectivity index (χ3v) is 5.84. The van der Waals surface area contributed by atoms with Gasteiger partial charge in [0.25, 0.3) is 0 Å². The third kappa shape index (κ3) is 5.67. The number of hydrogen-bond donors (Lipinski definition) is 2. The Bertz CT molecular complexity index is 1050. The monoisotopic (exact) mass is 438 g/mol. The molecule has 2 aromatic carbocycles. The number of aromatic nitrogens is 2. The highest BCUT2D eigenvalue weighted by Crippen LogP contribution is 2.40. The Kier molecular flexibility index (Phi) is 7.22. The maximum Gasteiger partial charge on any atom is 0.315 e. The third-order valence-electron chi connectivity index (χ3n) is 5.84. The van der Waals surface area contributed by atoms with Crippen molar-refractivity contribution in [3.05, 3.63) is 60.0 Å². The van der Waals surface area contributed by atoms with Crippen molar-refractivity contribution in [2.24, 2.45) is 11.3 Å². The van der Waals surface area contributed by atoms with Gasteiger partial charge in [0.05, 0.1) is 17.4 Å². The molecule has 6 heteroatoms. The zero-order valence-electron chi connectivity index (χ0n) is 19.9. The van der Waals surface area contributed by atoms with Crippen molar-refractivity contribution in [2.45, 2.75) is 59.9 Å². The summed E-state index contributed by atoms with van der Waals surface area (Å²) in [6, 6.07) is 12.8. The van der Waals surface area contributed by atoms with E-state index in [4.69, 9.17) is 0 Å². The van der Waals surface area contributed by atoms with Crippen LogP contribution in [-0.2, 0) is 0 Å². The summed E-state index contributed by atoms with van der Waals surface area (Å²) in [5.74, 6) is 0.517. The van der Waals surface area contributed by atoms with E-state index in [1.807, 2.05) is 24.7 Å². The molecule has 1 heterocycles. The van der Waals surface area contributed by atoms with E-state index in [0.717, 1.165) is 23.0 Å². The zero-order chi connectivity index (χ0) is 23.5. The highest BCUT2D eigenvalue weighted by atomic mass is 19.1. The van der Waals surface area contributed by atoms with Crippen LogP contribution in [0.2, 0.25) is 0 Å². The van der Waals surface area contributed by atoms with Gasteiger partial charge >= 0.3 is 6.03 Å². The SMILES string of the molecule is CC(C)CC(c1ccc2c(cnn2-c2ccc(F)cc2)c1)C(C)(C)CNC(=O)NC(C)C. The fraction of sp³-hybridized carbons (Fsp3) is 0.462. The standard InChI is InChI=1S/C26H35FN4O/c1-17(2)13-23(26(5,6)16-28-25(32)30-18(3)4)19-7-12-24-20(14-19)15-29-31(24)22-10-8-21(27)9-11-22/h7-12,14-15,17-18,23H,13,16H2,1-6H3,(H2,28,30,32). The lowest BCUT2D eigenvalue weighted by atomic mass is 9.71. The molecular formula is C26H35FN4O. The van der Waals surface area contributed by atoms with Crippen LogP contribution < -0.4 is 10.6 Å². The molecule has 0 spiro atoms. The highest BCUT2D eigenvalue weighted by Gasteiger charge is 2.32. The van der Waals surface area contributed by atoms with Crippen molar-refractivity contribution in [3.63, 3.8) is 0 Å². The second-order valence-electron chi connectivity index (χ2n) is 10.0. The number of carbonyl (C=O) groups excluding carboxylic acids is 1. The Morgan fingerprint density at radius 3 is 2.41 bits per heavy atom. The summed E-state index contributed by atoms with van der Waals surface area (Å²) >= 11 is 0. The molecule has 172 valence electrons. The molecule has 3 rings (SSSR count). The molecule has 5 nitrogen and oxygen atoms in total. The summed E-state index contributed by atoms with van der Waals surface area (Å²) in [5, 5.41) is 11.5. The molecule has 3 aromatic rings. The summed E-state index contributed by atoms with van der Waals surface area (Å²) in [6.07, 6.45) is 2.87. The van der Waals surface area contributed by atoms with Gasteiger partial charge in [-0.15, -0.1) is 0 Å². The molecule has 0 aliphatic heterocycles. The fourth-order valence-corrected chi connectivity index (χ4v) is 4.18. The lowest BCUT2D eigenvalue weighted by molar-refractivity contribution is 0.216. The number of hydrogen-bond acceptors (Lipinski definition) is 2. The topological polar surface area (TPSA) is 59.0 Å². The van der Waals surface area contributed by atoms with Crippen molar-refractivity contribution in [1.82, 2.24) is 20.4 Å². The normalized spacial score (nSPS) is 13.0. The van der Waals surface area contributed by atoms with Crippen LogP contribution in [0.5, 0.6) is 0 Å². The predicted molar refractivity (Wildman–Crippen MR) is 129 cm³/mol. The maximum atomic E-state index is 13.3. The summed E-state index contributed by atoms with van der Waals surface area (Å²) in [5.41, 5.74) is 2.91. The largest absolute Gasteiger partial charge is 0.338 e. The van der Waals surface area contributed by atoms with Gasteiger partial charge in [0, 0.05) is 18.0 Å². The molecule has 1 atom stereocenters. The molecule has 0 aliphatic carbocycles. The average molecular weight is 439 g/mol. The molecular weight excluding hydrogens is 403 g/mol. The summed E-state index contributed by atoms with van der Waals surface area (Å²) in [4.78, 5) is 12.2. The van der Waals surface area contributed by atoms with Crippen molar-refractivity contribution < 1.29 is 9.18 Å². The van der Waals surface area contributed by atoms with E-state index in [2.05, 4.69) is 61.6 Å². The maximum absolute atomic E-state index is 13.3. The van der Waals surface area contributed by atoms with E-state index in [-0.39, 0.29) is 29.2 Å². The van der Waals surface area contributed by atoms with Gasteiger partial charge in [0.15, 0.2) is 0 Å². The molecule has 0 radical (unpaired) electrons. The Morgan fingerprint density at radius 1 is 1.09 bits per heavy atom. The van der Waals surface area contributed by atoms with Crippen molar-refractivity contribution in [3.8, 4) is 5.69 Å². The lowest BCUT2D eigenvalue weighted by Crippen LogP contribution is -2.44. The van der Waals surface area contributed by atoms with Crippen molar-refractivity contribution in [2.75, 3.05) is 6.54 Å². The van der Waals surface area contributed by atoms with E-state index in [1.54, 1.807) is 12.1 Å². The van der Waals surface area contributed by atoms with Crippen molar-refractivity contribution in [1.29, 1.82) is 0 Å². The van der Waals surface area contributed by atoms with Gasteiger partial charge in [0.1, 0.15) is 5.82 Å². The Hall–Kier alpha value is -2.89. The van der Waals surface area contributed by atoms with Gasteiger partial charge < -0.3 is 10.6 Å². The first-order chi connectivity index (χ1) is 15.1. The van der Waals surface area contributed by atoms with E-state index in [9.17, 15) is 9.18 Å². The smallest absolute Gasteiger partial charge is 0.315 e. The van der Waals surface area contributed by atoms with Gasteiger partial charge in [0.2, 0.25) is 0 Å². The molecule has 1 unspecified atom stereocenters. The minimum Gasteiger partial charge on any atom is -0.338 e. The van der Waals surface area contributed by atoms with Crippen LogP contribution in [0.3, 0.4) is 0 Å². The fourth-order valence-electron chi connectivity index (χ4n) is 4.18. The van der Waals surface area contributed by atoms with Crippen LogP contribution in [0.4, 0.5) is 9.18 Å². The van der Waals surface area contributed by atoms with Crippen LogP contribution in [0.15, 0.2) is 48.7 Å². The molecule has 0 fully saturated rings. The molecule has 2 amide bonds. The van der Waals surface area contributed by atoms with E-state index < -0.39 is 0 Å². The summed E-state index contributed by atoms with van der Waals surface area (Å²) in [6.45, 7) is 13.4. The lowest BCUT2D eigenvalue weighted by Gasteiger charge is -2.36. The van der Waals surface area contributed by atoms with Gasteiger partial charge in [-0.25, -0.2) is 13.9 Å². The molecule has 32 heavy (non-hydrogen) atoms. The summed E-state index contributed by atoms with van der Waals surface area (Å²) in [7, 11) is 0. The number of carbonyl (C=O) groups is 1. The number of benzene rings is 2. The van der Waals surface area contributed by atoms with Gasteiger partial charge in [-0.2, -0.15) is 5.10 Å². The van der Waals surface area contributed by atoms with E-state index in [1.165, 1.54) is 17.7 Å². The molecule has 0 saturated carbocycles. The second kappa shape index (κ2) is 9.72. The first-order valence-corrected chi connectivity index (χ1v) is 11.3. The number of urea groups is 1. The minimum absolute atomic E-state index is 0.102. The van der Waals surface area contributed by atoms with Gasteiger partial charge in [-0.05, 0) is 79.5 Å². The molecule has 1 aromatic heterocycles. The van der Waals surface area contributed by atoms with Crippen molar-refractivity contribution >= 4 is 16.9 Å². The number of nitrogens with zero attached hydrogens (tertiary/aromatic N) is 2. The molecule has 2 N–H and O–H groups in total. The van der Waals surface area contributed by atoms with Crippen LogP contribution >= 0.6 is 0 Å². The van der Waals surface area contributed by atoms with Crippen LogP contribution in [0.1, 0.15) is 59.4 Å².